The van der Waals surface area contributed by atoms with Crippen LogP contribution in [0.1, 0.15) is 11.7 Å². The van der Waals surface area contributed by atoms with Crippen LogP contribution in [0.2, 0.25) is 0 Å². The fourth-order valence-corrected chi connectivity index (χ4v) is 1.11. The van der Waals surface area contributed by atoms with Crippen molar-refractivity contribution in [2.24, 2.45) is 0 Å². The summed E-state index contributed by atoms with van der Waals surface area (Å²) in [4.78, 5) is 27.9. The van der Waals surface area contributed by atoms with Gasteiger partial charge in [0.1, 0.15) is 5.76 Å². The molecule has 0 fully saturated rings. The molecule has 0 amide bonds. The first-order valence-electron chi connectivity index (χ1n) is 4.49. The Morgan fingerprint density at radius 1 is 1.50 bits per heavy atom. The monoisotopic (exact) mass is 223 g/mol. The normalized spacial score (nSPS) is 10.3. The van der Waals surface area contributed by atoms with Gasteiger partial charge in [-0.1, -0.05) is 0 Å². The second kappa shape index (κ2) is 4.01. The Morgan fingerprint density at radius 3 is 2.94 bits per heavy atom. The van der Waals surface area contributed by atoms with Crippen LogP contribution in [-0.2, 0) is 6.54 Å². The molecule has 0 saturated heterocycles. The van der Waals surface area contributed by atoms with Gasteiger partial charge in [0.2, 0.25) is 11.7 Å². The number of nitrogens with one attached hydrogen (secondary N) is 3. The zero-order valence-electron chi connectivity index (χ0n) is 8.40. The maximum absolute atomic E-state index is 11.2. The van der Waals surface area contributed by atoms with Crippen LogP contribution in [0.4, 0.5) is 5.82 Å². The molecular formula is C8H9N5O3. The van der Waals surface area contributed by atoms with E-state index in [0.29, 0.717) is 11.7 Å². The van der Waals surface area contributed by atoms with Gasteiger partial charge >= 0.3 is 5.69 Å². The summed E-state index contributed by atoms with van der Waals surface area (Å²) in [6.07, 6.45) is 1.57. The minimum Gasteiger partial charge on any atom is -0.444 e. The molecule has 2 aromatic rings. The fourth-order valence-electron chi connectivity index (χ4n) is 1.11. The second-order valence-corrected chi connectivity index (χ2v) is 3.07. The van der Waals surface area contributed by atoms with E-state index in [1.807, 2.05) is 4.98 Å². The Hall–Kier alpha value is -2.38. The van der Waals surface area contributed by atoms with Crippen LogP contribution >= 0.6 is 0 Å². The molecule has 0 radical (unpaired) electrons. The quantitative estimate of drug-likeness (QED) is 0.637. The molecule has 2 rings (SSSR count). The molecule has 0 aromatic carbocycles. The van der Waals surface area contributed by atoms with Gasteiger partial charge in [0.05, 0.1) is 12.7 Å². The second-order valence-electron chi connectivity index (χ2n) is 3.07. The van der Waals surface area contributed by atoms with E-state index in [2.05, 4.69) is 20.5 Å². The highest BCUT2D eigenvalue weighted by Gasteiger charge is 2.04. The third-order valence-electron chi connectivity index (χ3n) is 1.79. The average Bonchev–Trinajstić information content (AvgIpc) is 2.63. The van der Waals surface area contributed by atoms with Gasteiger partial charge in [-0.25, -0.2) is 14.9 Å². The van der Waals surface area contributed by atoms with Crippen LogP contribution in [0, 0.1) is 6.92 Å². The minimum atomic E-state index is -0.650. The number of aromatic amines is 2. The van der Waals surface area contributed by atoms with E-state index in [1.54, 1.807) is 13.1 Å². The van der Waals surface area contributed by atoms with Gasteiger partial charge in [0.15, 0.2) is 0 Å². The molecule has 0 unspecified atom stereocenters. The summed E-state index contributed by atoms with van der Waals surface area (Å²) in [7, 11) is 0. The SMILES string of the molecule is Cc1cnc(CNc2n[nH]c(=O)[nH]c2=O)o1. The van der Waals surface area contributed by atoms with Crippen LogP contribution in [0.3, 0.4) is 0 Å². The molecule has 8 nitrogen and oxygen atoms in total. The summed E-state index contributed by atoms with van der Waals surface area (Å²) in [6, 6.07) is 0. The molecule has 84 valence electrons. The number of hydrogen-bond donors (Lipinski definition) is 3. The Bertz CT molecular complexity index is 596. The van der Waals surface area contributed by atoms with E-state index >= 15 is 0 Å². The van der Waals surface area contributed by atoms with E-state index in [4.69, 9.17) is 4.42 Å². The number of anilines is 1. The van der Waals surface area contributed by atoms with Gasteiger partial charge in [-0.15, -0.1) is 5.10 Å². The van der Waals surface area contributed by atoms with Gasteiger partial charge in [-0.2, -0.15) is 0 Å². The Labute approximate surface area is 88.7 Å². The Balaban J connectivity index is 2.10. The molecule has 8 heteroatoms. The third kappa shape index (κ3) is 2.16. The molecule has 3 N–H and O–H groups in total. The number of H-pyrrole nitrogens is 2. The summed E-state index contributed by atoms with van der Waals surface area (Å²) in [6.45, 7) is 1.98. The number of oxazole rings is 1. The van der Waals surface area contributed by atoms with Crippen molar-refractivity contribution >= 4 is 5.82 Å². The first-order valence-corrected chi connectivity index (χ1v) is 4.49. The molecule has 0 atom stereocenters. The number of nitrogens with zero attached hydrogens (tertiary/aromatic N) is 2. The Kier molecular flexibility index (Phi) is 2.54. The van der Waals surface area contributed by atoms with E-state index in [-0.39, 0.29) is 12.4 Å². The van der Waals surface area contributed by atoms with Crippen molar-refractivity contribution < 1.29 is 4.42 Å². The number of aromatic nitrogens is 4. The largest absolute Gasteiger partial charge is 0.444 e. The lowest BCUT2D eigenvalue weighted by atomic mass is 10.6. The number of rotatable bonds is 3. The van der Waals surface area contributed by atoms with Gasteiger partial charge in [0.25, 0.3) is 5.56 Å². The van der Waals surface area contributed by atoms with Crippen LogP contribution in [0.5, 0.6) is 0 Å². The lowest BCUT2D eigenvalue weighted by Crippen LogP contribution is -2.26. The summed E-state index contributed by atoms with van der Waals surface area (Å²) in [5.74, 6) is 1.13. The van der Waals surface area contributed by atoms with Crippen molar-refractivity contribution in [3.05, 3.63) is 38.7 Å². The van der Waals surface area contributed by atoms with Crippen LogP contribution in [0.15, 0.2) is 20.2 Å². The minimum absolute atomic E-state index is 0.00968. The third-order valence-corrected chi connectivity index (χ3v) is 1.79. The van der Waals surface area contributed by atoms with Crippen molar-refractivity contribution in [1.82, 2.24) is 20.2 Å². The molecular weight excluding hydrogens is 214 g/mol. The first-order chi connectivity index (χ1) is 7.65. The number of aryl methyl sites for hydroxylation is 1. The van der Waals surface area contributed by atoms with Crippen molar-refractivity contribution in [1.29, 1.82) is 0 Å². The van der Waals surface area contributed by atoms with Crippen molar-refractivity contribution in [3.63, 3.8) is 0 Å². The van der Waals surface area contributed by atoms with Crippen molar-refractivity contribution in [2.45, 2.75) is 13.5 Å². The first kappa shape index (κ1) is 10.1. The van der Waals surface area contributed by atoms with E-state index in [9.17, 15) is 9.59 Å². The molecule has 0 aliphatic carbocycles. The van der Waals surface area contributed by atoms with Crippen LogP contribution < -0.4 is 16.6 Å². The fraction of sp³-hybridized carbons (Fsp3) is 0.250. The van der Waals surface area contributed by atoms with E-state index in [0.717, 1.165) is 0 Å². The Morgan fingerprint density at radius 2 is 2.31 bits per heavy atom. The molecule has 0 aliphatic rings. The smallest absolute Gasteiger partial charge is 0.342 e. The predicted octanol–water partition coefficient (Wildman–Crippen LogP) is -0.633. The zero-order chi connectivity index (χ0) is 11.5. The van der Waals surface area contributed by atoms with Crippen LogP contribution in [0.25, 0.3) is 0 Å². The molecule has 0 bridgehead atoms. The topological polar surface area (TPSA) is 117 Å². The van der Waals surface area contributed by atoms with Crippen molar-refractivity contribution in [2.75, 3.05) is 5.32 Å². The molecule has 2 heterocycles. The van der Waals surface area contributed by atoms with Crippen molar-refractivity contribution in [3.8, 4) is 0 Å². The molecule has 0 saturated carbocycles. The predicted molar refractivity (Wildman–Crippen MR) is 54.0 cm³/mol. The summed E-state index contributed by atoms with van der Waals surface area (Å²) in [5, 5.41) is 8.33. The molecule has 0 spiro atoms. The number of hydrogen-bond acceptors (Lipinski definition) is 6. The highest BCUT2D eigenvalue weighted by Crippen LogP contribution is 2.02. The van der Waals surface area contributed by atoms with E-state index in [1.165, 1.54) is 0 Å². The van der Waals surface area contributed by atoms with Crippen LogP contribution in [-0.4, -0.2) is 20.2 Å². The summed E-state index contributed by atoms with van der Waals surface area (Å²) >= 11 is 0. The van der Waals surface area contributed by atoms with Gasteiger partial charge in [-0.05, 0) is 6.92 Å². The van der Waals surface area contributed by atoms with Gasteiger partial charge in [0, 0.05) is 0 Å². The zero-order valence-corrected chi connectivity index (χ0v) is 8.40. The van der Waals surface area contributed by atoms with E-state index < -0.39 is 11.2 Å². The average molecular weight is 223 g/mol. The highest BCUT2D eigenvalue weighted by atomic mass is 16.4. The summed E-state index contributed by atoms with van der Waals surface area (Å²) < 4.78 is 5.18. The van der Waals surface area contributed by atoms with Gasteiger partial charge in [-0.3, -0.25) is 9.78 Å². The van der Waals surface area contributed by atoms with Gasteiger partial charge < -0.3 is 9.73 Å². The summed E-state index contributed by atoms with van der Waals surface area (Å²) in [5.41, 5.74) is -1.24. The maximum Gasteiger partial charge on any atom is 0.342 e. The molecule has 16 heavy (non-hydrogen) atoms. The highest BCUT2D eigenvalue weighted by molar-refractivity contribution is 5.28. The lowest BCUT2D eigenvalue weighted by molar-refractivity contribution is 0.478. The maximum atomic E-state index is 11.2. The lowest BCUT2D eigenvalue weighted by Gasteiger charge is -1.99. The molecule has 0 aliphatic heterocycles. The molecule has 2 aromatic heterocycles. The standard InChI is InChI=1S/C8H9N5O3/c1-4-2-9-5(16-4)3-10-6-7(14)11-8(15)13-12-6/h2H,3H2,1H3,(H,10,12)(H2,11,13,14,15).